The molecule has 3 rings (SSSR count). The van der Waals surface area contributed by atoms with Crippen LogP contribution >= 0.6 is 0 Å². The Kier molecular flexibility index (Phi) is 6.43. The number of pyridine rings is 1. The van der Waals surface area contributed by atoms with E-state index in [-0.39, 0.29) is 23.7 Å². The first-order valence-corrected chi connectivity index (χ1v) is 9.88. The van der Waals surface area contributed by atoms with Crippen LogP contribution in [0, 0.1) is 13.8 Å². The third-order valence-corrected chi connectivity index (χ3v) is 5.20. The van der Waals surface area contributed by atoms with E-state index in [9.17, 15) is 22.8 Å². The number of alkyl halides is 3. The fraction of sp³-hybridized carbons (Fsp3) is 0.409. The van der Waals surface area contributed by atoms with Crippen molar-refractivity contribution >= 4 is 17.5 Å². The van der Waals surface area contributed by atoms with E-state index >= 15 is 0 Å². The molecule has 30 heavy (non-hydrogen) atoms. The number of carbonyl (C=O) groups is 2. The van der Waals surface area contributed by atoms with Gasteiger partial charge in [0, 0.05) is 18.8 Å². The van der Waals surface area contributed by atoms with Gasteiger partial charge in [0.1, 0.15) is 12.2 Å². The molecule has 1 saturated heterocycles. The summed E-state index contributed by atoms with van der Waals surface area (Å²) in [5.74, 6) is -0.732. The average molecular weight is 419 g/mol. The zero-order valence-electron chi connectivity index (χ0n) is 17.0. The first kappa shape index (κ1) is 21.8. The number of anilines is 1. The van der Waals surface area contributed by atoms with Gasteiger partial charge in [-0.1, -0.05) is 17.7 Å². The van der Waals surface area contributed by atoms with Crippen LogP contribution in [0.1, 0.15) is 46.6 Å². The molecule has 0 bridgehead atoms. The van der Waals surface area contributed by atoms with Crippen molar-refractivity contribution in [3.05, 3.63) is 58.9 Å². The molecule has 0 unspecified atom stereocenters. The molecular formula is C22H24F3N3O2. The zero-order valence-corrected chi connectivity index (χ0v) is 17.0. The lowest BCUT2D eigenvalue weighted by atomic mass is 10.1. The van der Waals surface area contributed by atoms with Crippen molar-refractivity contribution in [3.63, 3.8) is 0 Å². The van der Waals surface area contributed by atoms with Gasteiger partial charge in [-0.25, -0.2) is 4.98 Å². The third-order valence-electron chi connectivity index (χ3n) is 5.20. The molecule has 1 aliphatic rings. The summed E-state index contributed by atoms with van der Waals surface area (Å²) in [6.07, 6.45) is -1.67. The fourth-order valence-electron chi connectivity index (χ4n) is 3.47. The molecule has 5 nitrogen and oxygen atoms in total. The standard InChI is InChI=1S/C22H24F3N3O2/c1-15-6-8-17(9-7-15)28(14-20(29)27-12-4-3-5-13-27)21(30)18-10-11-19(22(23,24)25)26-16(18)2/h6-11H,3-5,12-14H2,1-2H3. The van der Waals surface area contributed by atoms with Gasteiger partial charge in [-0.3, -0.25) is 14.5 Å². The van der Waals surface area contributed by atoms with Crippen LogP contribution in [0.2, 0.25) is 0 Å². The van der Waals surface area contributed by atoms with E-state index in [4.69, 9.17) is 0 Å². The van der Waals surface area contributed by atoms with E-state index in [0.29, 0.717) is 18.8 Å². The molecule has 8 heteroatoms. The molecule has 0 spiro atoms. The molecule has 2 amide bonds. The van der Waals surface area contributed by atoms with Crippen LogP contribution < -0.4 is 4.90 Å². The number of aryl methyl sites for hydroxylation is 2. The largest absolute Gasteiger partial charge is 0.433 e. The number of aromatic nitrogens is 1. The van der Waals surface area contributed by atoms with Crippen LogP contribution in [0.3, 0.4) is 0 Å². The van der Waals surface area contributed by atoms with Crippen molar-refractivity contribution in [1.82, 2.24) is 9.88 Å². The Hall–Kier alpha value is -2.90. The van der Waals surface area contributed by atoms with Gasteiger partial charge in [0.05, 0.1) is 11.3 Å². The molecule has 0 saturated carbocycles. The second-order valence-electron chi connectivity index (χ2n) is 7.50. The van der Waals surface area contributed by atoms with Crippen molar-refractivity contribution in [2.75, 3.05) is 24.5 Å². The number of piperidine rings is 1. The Bertz CT molecular complexity index is 920. The molecule has 0 atom stereocenters. The van der Waals surface area contributed by atoms with Gasteiger partial charge in [-0.15, -0.1) is 0 Å². The van der Waals surface area contributed by atoms with Crippen molar-refractivity contribution in [2.45, 2.75) is 39.3 Å². The molecule has 0 aliphatic carbocycles. The topological polar surface area (TPSA) is 53.5 Å². The highest BCUT2D eigenvalue weighted by Gasteiger charge is 2.34. The number of rotatable bonds is 4. The summed E-state index contributed by atoms with van der Waals surface area (Å²) in [4.78, 5) is 32.7. The zero-order chi connectivity index (χ0) is 21.9. The minimum atomic E-state index is -4.59. The Morgan fingerprint density at radius 3 is 2.20 bits per heavy atom. The monoisotopic (exact) mass is 419 g/mol. The first-order chi connectivity index (χ1) is 14.2. The second kappa shape index (κ2) is 8.85. The molecule has 160 valence electrons. The summed E-state index contributed by atoms with van der Waals surface area (Å²) < 4.78 is 38.8. The summed E-state index contributed by atoms with van der Waals surface area (Å²) in [6, 6.07) is 9.00. The lowest BCUT2D eigenvalue weighted by molar-refractivity contribution is -0.141. The Labute approximate surface area is 173 Å². The lowest BCUT2D eigenvalue weighted by Crippen LogP contribution is -2.45. The second-order valence-corrected chi connectivity index (χ2v) is 7.50. The summed E-state index contributed by atoms with van der Waals surface area (Å²) in [6.45, 7) is 4.38. The van der Waals surface area contributed by atoms with Crippen molar-refractivity contribution in [3.8, 4) is 0 Å². The number of likely N-dealkylation sites (tertiary alicyclic amines) is 1. The molecule has 1 aliphatic heterocycles. The number of hydrogen-bond donors (Lipinski definition) is 0. The quantitative estimate of drug-likeness (QED) is 0.739. The maximum absolute atomic E-state index is 13.3. The molecule has 2 heterocycles. The predicted octanol–water partition coefficient (Wildman–Crippen LogP) is 4.38. The van der Waals surface area contributed by atoms with Crippen LogP contribution in [0.5, 0.6) is 0 Å². The highest BCUT2D eigenvalue weighted by molar-refractivity contribution is 6.09. The van der Waals surface area contributed by atoms with Crippen molar-refractivity contribution in [1.29, 1.82) is 0 Å². The van der Waals surface area contributed by atoms with Crippen LogP contribution in [-0.2, 0) is 11.0 Å². The number of benzene rings is 1. The van der Waals surface area contributed by atoms with Crippen LogP contribution in [0.25, 0.3) is 0 Å². The van der Waals surface area contributed by atoms with E-state index in [1.165, 1.54) is 11.8 Å². The van der Waals surface area contributed by atoms with E-state index in [1.807, 2.05) is 19.1 Å². The summed E-state index contributed by atoms with van der Waals surface area (Å²) in [7, 11) is 0. The average Bonchev–Trinajstić information content (AvgIpc) is 2.72. The van der Waals surface area contributed by atoms with Gasteiger partial charge in [0.25, 0.3) is 5.91 Å². The van der Waals surface area contributed by atoms with E-state index in [2.05, 4.69) is 4.98 Å². The molecule has 2 aromatic rings. The van der Waals surface area contributed by atoms with E-state index in [1.54, 1.807) is 17.0 Å². The minimum absolute atomic E-state index is 0.0302. The number of nitrogens with zero attached hydrogens (tertiary/aromatic N) is 3. The van der Waals surface area contributed by atoms with E-state index in [0.717, 1.165) is 37.0 Å². The SMILES string of the molecule is Cc1ccc(N(CC(=O)N2CCCCC2)C(=O)c2ccc(C(F)(F)F)nc2C)cc1. The molecule has 1 aromatic heterocycles. The lowest BCUT2D eigenvalue weighted by Gasteiger charge is -2.30. The maximum Gasteiger partial charge on any atom is 0.433 e. The van der Waals surface area contributed by atoms with Crippen molar-refractivity contribution in [2.24, 2.45) is 0 Å². The molecule has 0 N–H and O–H groups in total. The highest BCUT2D eigenvalue weighted by atomic mass is 19.4. The number of carbonyl (C=O) groups excluding carboxylic acids is 2. The van der Waals surface area contributed by atoms with E-state index < -0.39 is 17.8 Å². The number of hydrogen-bond acceptors (Lipinski definition) is 3. The van der Waals surface area contributed by atoms with Crippen LogP contribution in [0.15, 0.2) is 36.4 Å². The maximum atomic E-state index is 13.3. The minimum Gasteiger partial charge on any atom is -0.341 e. The predicted molar refractivity (Wildman–Crippen MR) is 107 cm³/mol. The van der Waals surface area contributed by atoms with Gasteiger partial charge in [-0.05, 0) is 57.4 Å². The van der Waals surface area contributed by atoms with Crippen LogP contribution in [-0.4, -0.2) is 41.3 Å². The molecule has 1 fully saturated rings. The van der Waals surface area contributed by atoms with Gasteiger partial charge in [0.15, 0.2) is 0 Å². The van der Waals surface area contributed by atoms with Gasteiger partial charge < -0.3 is 4.90 Å². The Balaban J connectivity index is 1.92. The number of halogens is 3. The van der Waals surface area contributed by atoms with Gasteiger partial charge >= 0.3 is 6.18 Å². The van der Waals surface area contributed by atoms with Crippen molar-refractivity contribution < 1.29 is 22.8 Å². The normalized spacial score (nSPS) is 14.5. The van der Waals surface area contributed by atoms with Gasteiger partial charge in [0.2, 0.25) is 5.91 Å². The summed E-state index contributed by atoms with van der Waals surface area (Å²) in [5, 5.41) is 0. The first-order valence-electron chi connectivity index (χ1n) is 9.88. The summed E-state index contributed by atoms with van der Waals surface area (Å²) >= 11 is 0. The smallest absolute Gasteiger partial charge is 0.341 e. The number of amides is 2. The van der Waals surface area contributed by atoms with Crippen LogP contribution in [0.4, 0.5) is 18.9 Å². The molecule has 0 radical (unpaired) electrons. The summed E-state index contributed by atoms with van der Waals surface area (Å²) in [5.41, 5.74) is 0.450. The Morgan fingerprint density at radius 2 is 1.63 bits per heavy atom. The Morgan fingerprint density at radius 1 is 1.00 bits per heavy atom. The molecular weight excluding hydrogens is 395 g/mol. The van der Waals surface area contributed by atoms with Gasteiger partial charge in [-0.2, -0.15) is 13.2 Å². The third kappa shape index (κ3) is 4.98. The highest BCUT2D eigenvalue weighted by Crippen LogP contribution is 2.29. The fourth-order valence-corrected chi connectivity index (χ4v) is 3.47. The molecule has 1 aromatic carbocycles.